The molecule has 29 heteroatoms. The van der Waals surface area contributed by atoms with E-state index in [2.05, 4.69) is 447 Å². The van der Waals surface area contributed by atoms with Crippen LogP contribution in [0.4, 0.5) is 0 Å². The van der Waals surface area contributed by atoms with Crippen LogP contribution in [0.3, 0.4) is 0 Å². The highest BCUT2D eigenvalue weighted by Gasteiger charge is 2.57. The first-order valence-electron chi connectivity index (χ1n) is 56.8. The Kier molecular flexibility index (Phi) is 30.7. The molecule has 14 aliphatic rings. The van der Waals surface area contributed by atoms with Crippen LogP contribution < -0.4 is 58.8 Å². The molecule has 11 N–H and O–H groups in total. The van der Waals surface area contributed by atoms with Gasteiger partial charge in [-0.3, -0.25) is 14.7 Å². The van der Waals surface area contributed by atoms with Gasteiger partial charge in [0, 0.05) is 215 Å². The van der Waals surface area contributed by atoms with Gasteiger partial charge in [0.25, 0.3) is 0 Å². The minimum absolute atomic E-state index is 0.00612. The molecule has 0 spiro atoms. The van der Waals surface area contributed by atoms with E-state index in [4.69, 9.17) is 29.8 Å². The lowest BCUT2D eigenvalue weighted by Crippen LogP contribution is -2.68. The van der Waals surface area contributed by atoms with Crippen LogP contribution in [0, 0.1) is 0 Å². The Labute approximate surface area is 878 Å². The lowest BCUT2D eigenvalue weighted by Gasteiger charge is -2.57. The molecule has 14 rings (SSSR count). The van der Waals surface area contributed by atoms with Crippen molar-refractivity contribution in [3.8, 4) is 0 Å². The molecule has 0 aromatic carbocycles. The van der Waals surface area contributed by atoms with E-state index in [1.165, 1.54) is 0 Å². The summed E-state index contributed by atoms with van der Waals surface area (Å²) in [6.07, 6.45) is 26.6. The molecular weight excluding hydrogens is 1790 g/mol. The van der Waals surface area contributed by atoms with E-state index in [9.17, 15) is 0 Å². The molecule has 14 heterocycles. The Bertz CT molecular complexity index is 4220. The van der Waals surface area contributed by atoms with Gasteiger partial charge in [0.1, 0.15) is 17.5 Å². The van der Waals surface area contributed by atoms with E-state index in [0.717, 1.165) is 176 Å². The number of hydrogen-bond acceptors (Lipinski definition) is 29. The third-order valence-electron chi connectivity index (χ3n) is 36.1. The minimum Gasteiger partial charge on any atom is -0.351 e. The number of likely N-dealkylation sites (tertiary alicyclic amines) is 3. The number of nitrogens with zero attached hydrogens (tertiary/aromatic N) is 15. The van der Waals surface area contributed by atoms with Crippen molar-refractivity contribution in [3.05, 3.63) is 35.7 Å². The van der Waals surface area contributed by atoms with Crippen molar-refractivity contribution in [1.29, 1.82) is 0 Å². The van der Waals surface area contributed by atoms with Crippen LogP contribution in [0.5, 0.6) is 0 Å². The first-order valence-corrected chi connectivity index (χ1v) is 56.8. The zero-order valence-electron chi connectivity index (χ0n) is 101. The van der Waals surface area contributed by atoms with Gasteiger partial charge in [-0.2, -0.15) is 0 Å². The second-order valence-electron chi connectivity index (χ2n) is 63.3. The van der Waals surface area contributed by atoms with Crippen molar-refractivity contribution in [2.24, 2.45) is 15.3 Å². The molecule has 29 nitrogen and oxygen atoms in total. The van der Waals surface area contributed by atoms with Crippen molar-refractivity contribution in [2.45, 2.75) is 634 Å². The molecule has 0 radical (unpaired) electrons. The molecular formula is C115H218N26O3. The van der Waals surface area contributed by atoms with Gasteiger partial charge in [0.15, 0.2) is 17.5 Å². The Morgan fingerprint density at radius 1 is 0.222 bits per heavy atom. The van der Waals surface area contributed by atoms with Gasteiger partial charge in [-0.1, -0.05) is 15.8 Å². The average molecular weight is 2010 g/mol. The van der Waals surface area contributed by atoms with Crippen molar-refractivity contribution in [2.75, 3.05) is 47.3 Å². The third kappa shape index (κ3) is 27.7. The predicted molar refractivity (Wildman–Crippen MR) is 597 cm³/mol. The van der Waals surface area contributed by atoms with Crippen molar-refractivity contribution < 1.29 is 14.5 Å². The largest absolute Gasteiger partial charge is 0.351 e. The van der Waals surface area contributed by atoms with Crippen molar-refractivity contribution in [3.63, 3.8) is 0 Å². The fourth-order valence-electron chi connectivity index (χ4n) is 33.3. The summed E-state index contributed by atoms with van der Waals surface area (Å²) in [5.74, 6) is 5.71. The summed E-state index contributed by atoms with van der Waals surface area (Å²) in [5.41, 5.74) is 8.16. The SMILES string of the molecule is CN1C(C)(C)CC(ON2N=C(N(CCN(C3=NN(OC4CC(C)(C)N(C)C(C)(C)C4)NC(N(C4CC(C)(C)NC(C)(C)C4)C4CC(C)(C)NC(C)(C)C4)=C3)C3CC(C)(C)NC(C)(C)C3)CCN(C3=NN(OC4CC(C)(C)N(C)C(C)(C)C4)NC(N(C4CC(C)(C)NC(C)(C)C4)C4CC(C)(C)NC(C)(C)C4)=C3)C3CC(C)(C)NC(C)(C)C3)C=C(N(C3CC(C)(C)NC(C)(C)C3)C3CC(C)(C)NC(C)(C)C3)N2)CC1(C)C. The fourth-order valence-corrected chi connectivity index (χ4v) is 33.3. The predicted octanol–water partition coefficient (Wildman–Crippen LogP) is 17.9. The van der Waals surface area contributed by atoms with E-state index in [0.29, 0.717) is 26.2 Å². The van der Waals surface area contributed by atoms with Crippen LogP contribution in [0.15, 0.2) is 51.0 Å². The van der Waals surface area contributed by atoms with Gasteiger partial charge in [-0.05, 0) is 467 Å². The molecule has 144 heavy (non-hydrogen) atoms. The summed E-state index contributed by atoms with van der Waals surface area (Å²) < 4.78 is 0. The van der Waals surface area contributed by atoms with E-state index in [-0.39, 0.29) is 189 Å². The first kappa shape index (κ1) is 115. The Morgan fingerprint density at radius 3 is 0.549 bits per heavy atom. The van der Waals surface area contributed by atoms with Gasteiger partial charge >= 0.3 is 0 Å². The molecule has 0 bridgehead atoms. The summed E-state index contributed by atoms with van der Waals surface area (Å²) >= 11 is 0. The highest BCUT2D eigenvalue weighted by atomic mass is 16.8. The lowest BCUT2D eigenvalue weighted by atomic mass is 9.75. The number of piperidine rings is 11. The normalized spacial score (nSPS) is 30.5. The van der Waals surface area contributed by atoms with Gasteiger partial charge < -0.3 is 71.9 Å². The van der Waals surface area contributed by atoms with Crippen LogP contribution in [0.2, 0.25) is 0 Å². The molecule has 0 aliphatic carbocycles. The molecule has 0 atom stereocenters. The molecule has 14 aliphatic heterocycles. The number of hydrazine groups is 3. The minimum atomic E-state index is -0.270. The summed E-state index contributed by atoms with van der Waals surface area (Å²) in [6, 6.07) is 0.789. The van der Waals surface area contributed by atoms with Crippen LogP contribution in [-0.2, 0) is 14.5 Å². The number of hydrogen-bond donors (Lipinski definition) is 11. The summed E-state index contributed by atoms with van der Waals surface area (Å²) in [7, 11) is 6.91. The van der Waals surface area contributed by atoms with E-state index in [1.54, 1.807) is 0 Å². The maximum absolute atomic E-state index is 7.87. The van der Waals surface area contributed by atoms with Crippen LogP contribution in [0.1, 0.15) is 446 Å². The van der Waals surface area contributed by atoms with Crippen molar-refractivity contribution in [1.82, 2.24) is 119 Å². The molecule has 0 amide bonds. The fraction of sp³-hybridized carbons (Fsp3) is 0.922. The number of amidine groups is 3. The molecule has 11 saturated heterocycles. The Morgan fingerprint density at radius 2 is 0.375 bits per heavy atom. The first-order chi connectivity index (χ1) is 65.0. The molecule has 0 unspecified atom stereocenters. The Balaban J connectivity index is 1.02. The molecule has 11 fully saturated rings. The van der Waals surface area contributed by atoms with Crippen molar-refractivity contribution >= 4 is 17.5 Å². The summed E-state index contributed by atoms with van der Waals surface area (Å²) in [5, 5.41) is 57.3. The highest BCUT2D eigenvalue weighted by molar-refractivity contribution is 5.96. The molecule has 0 aromatic heterocycles. The van der Waals surface area contributed by atoms with E-state index < -0.39 is 0 Å². The molecule has 0 aromatic rings. The number of nitrogens with one attached hydrogen (secondary N) is 11. The standard InChI is InChI=1S/C115H218N26O3/c1-94(2)55-77(56-95(3,4)122-94)134(89-53-92(120-140(117-89)143-86-73-112(37,38)131(46)113(39,40)74-86)137(81-63-102(17,18)126-103(19,20)64-81)82-65-104(21,22)127-105(23,24)66-82)50-48-133(88-52-91(119-139(116-88)142-85-71-110(33,34)130(45)111(35,36)72-85)136(79-59-98(9,10)124-99(11,12)60-79)80-61-100(13,14)125-101(15,16)62-80)49-51-135(78-57-96(5,6)123-97(7,8)58-78)90-54-93(121-141(118-90)144-87-75-114(41,42)132(47)115(43,44)76-87)138(83-67-106(25,26)128-107(27,28)68-83)84-69-108(29,30)129-109(31,32)70-84/h52-54,77-87,119-129H,48-51,55-76H2,1-47H3. The topological polar surface area (TPSA) is 236 Å². The highest BCUT2D eigenvalue weighted by Crippen LogP contribution is 2.50. The second-order valence-corrected chi connectivity index (χ2v) is 63.3. The zero-order chi connectivity index (χ0) is 107. The monoisotopic (exact) mass is 2010 g/mol. The molecule has 826 valence electrons. The van der Waals surface area contributed by atoms with Gasteiger partial charge in [-0.15, -0.1) is 15.3 Å². The van der Waals surface area contributed by atoms with E-state index in [1.807, 2.05) is 15.8 Å². The summed E-state index contributed by atoms with van der Waals surface area (Å²) in [4.78, 5) is 48.0. The summed E-state index contributed by atoms with van der Waals surface area (Å²) in [6.45, 7) is 109. The molecule has 0 saturated carbocycles. The van der Waals surface area contributed by atoms with Gasteiger partial charge in [-0.25, -0.2) is 30.8 Å². The van der Waals surface area contributed by atoms with E-state index >= 15 is 0 Å². The Hall–Kier alpha value is -4.73. The smallest absolute Gasteiger partial charge is 0.157 e. The van der Waals surface area contributed by atoms with Crippen LogP contribution in [0.25, 0.3) is 0 Å². The zero-order valence-corrected chi connectivity index (χ0v) is 101. The van der Waals surface area contributed by atoms with Crippen LogP contribution in [-0.4, -0.2) is 313 Å². The maximum atomic E-state index is 7.87. The average Bonchev–Trinajstić information content (AvgIpc) is 0.743. The van der Waals surface area contributed by atoms with Crippen LogP contribution >= 0.6 is 0 Å². The lowest BCUT2D eigenvalue weighted by molar-refractivity contribution is -0.256. The number of hydrazone groups is 3. The van der Waals surface area contributed by atoms with Gasteiger partial charge in [0.2, 0.25) is 0 Å². The number of rotatable bonds is 23. The third-order valence-corrected chi connectivity index (χ3v) is 36.1. The second kappa shape index (κ2) is 38.5. The van der Waals surface area contributed by atoms with Gasteiger partial charge in [0.05, 0.1) is 18.3 Å². The quantitative estimate of drug-likeness (QED) is 0.0456. The maximum Gasteiger partial charge on any atom is 0.157 e.